The van der Waals surface area contributed by atoms with Crippen LogP contribution in [-0.2, 0) is 0 Å². The predicted molar refractivity (Wildman–Crippen MR) is 221 cm³/mol. The van der Waals surface area contributed by atoms with Gasteiger partial charge in [0.2, 0.25) is 0 Å². The van der Waals surface area contributed by atoms with Crippen molar-refractivity contribution in [2.45, 2.75) is 0 Å². The predicted octanol–water partition coefficient (Wildman–Crippen LogP) is 13.9. The smallest absolute Gasteiger partial charge is 0.0542 e. The van der Waals surface area contributed by atoms with Crippen molar-refractivity contribution in [1.29, 1.82) is 0 Å². The largest absolute Gasteiger partial charge is 0.310 e. The Hall–Kier alpha value is -6.90. The van der Waals surface area contributed by atoms with E-state index in [0.717, 1.165) is 22.7 Å². The minimum Gasteiger partial charge on any atom is -0.310 e. The SMILES string of the molecule is c1ccc(-c2ccc3ccc(-c4ccc5cc(N(c6ccccc6)c6ccc7c(c6)c6ccccc6n7-c6ccccc6)ccc5c4)cc3c2)cc1. The van der Waals surface area contributed by atoms with Crippen molar-refractivity contribution < 1.29 is 0 Å². The fourth-order valence-corrected chi connectivity index (χ4v) is 7.77. The zero-order valence-corrected chi connectivity index (χ0v) is 28.5. The number of rotatable bonds is 6. The van der Waals surface area contributed by atoms with Crippen molar-refractivity contribution >= 4 is 60.4 Å². The lowest BCUT2D eigenvalue weighted by molar-refractivity contribution is 1.18. The van der Waals surface area contributed by atoms with Crippen molar-refractivity contribution in [2.75, 3.05) is 4.90 Å². The third-order valence-corrected chi connectivity index (χ3v) is 10.3. The van der Waals surface area contributed by atoms with E-state index in [1.165, 1.54) is 65.6 Å². The molecule has 0 radical (unpaired) electrons. The number of aromatic nitrogens is 1. The van der Waals surface area contributed by atoms with Crippen LogP contribution in [0.2, 0.25) is 0 Å². The Kier molecular flexibility index (Phi) is 7.18. The first kappa shape index (κ1) is 30.0. The van der Waals surface area contributed by atoms with Gasteiger partial charge in [-0.1, -0.05) is 127 Å². The van der Waals surface area contributed by atoms with E-state index in [9.17, 15) is 0 Å². The standard InChI is InChI=1S/C50H34N2/c1-4-12-35(13-5-1)37-22-20-36-21-23-39(32-42(36)31-37)38-24-25-41-33-45(27-26-40(41)30-38)51(43-14-6-2-7-15-43)46-28-29-50-48(34-46)47-18-10-11-19-49(47)52(50)44-16-8-3-9-17-44/h1-34H. The van der Waals surface area contributed by atoms with Crippen LogP contribution in [0.15, 0.2) is 206 Å². The number of nitrogens with zero attached hydrogens (tertiary/aromatic N) is 2. The van der Waals surface area contributed by atoms with Crippen LogP contribution in [-0.4, -0.2) is 4.57 Å². The molecule has 0 spiro atoms. The average molecular weight is 663 g/mol. The molecule has 0 saturated heterocycles. The summed E-state index contributed by atoms with van der Waals surface area (Å²) in [6, 6.07) is 74.7. The molecule has 10 rings (SSSR count). The van der Waals surface area contributed by atoms with Gasteiger partial charge in [0.1, 0.15) is 0 Å². The Bertz CT molecular complexity index is 2890. The summed E-state index contributed by atoms with van der Waals surface area (Å²) in [5.41, 5.74) is 11.8. The second-order valence-electron chi connectivity index (χ2n) is 13.4. The second kappa shape index (κ2) is 12.5. The van der Waals surface area contributed by atoms with E-state index in [1.54, 1.807) is 0 Å². The first-order chi connectivity index (χ1) is 25.8. The Morgan fingerprint density at radius 3 is 1.56 bits per heavy atom. The summed E-state index contributed by atoms with van der Waals surface area (Å²) in [5, 5.41) is 7.39. The molecule has 0 bridgehead atoms. The molecule has 2 heteroatoms. The number of fused-ring (bicyclic) bond motifs is 5. The molecule has 10 aromatic rings. The molecule has 1 heterocycles. The summed E-state index contributed by atoms with van der Waals surface area (Å²) in [7, 11) is 0. The molecule has 0 fully saturated rings. The zero-order chi connectivity index (χ0) is 34.4. The van der Waals surface area contributed by atoms with Gasteiger partial charge in [0, 0.05) is 33.5 Å². The van der Waals surface area contributed by atoms with Crippen LogP contribution in [0.4, 0.5) is 17.1 Å². The highest BCUT2D eigenvalue weighted by molar-refractivity contribution is 6.11. The first-order valence-electron chi connectivity index (χ1n) is 17.8. The maximum Gasteiger partial charge on any atom is 0.0542 e. The van der Waals surface area contributed by atoms with E-state index in [1.807, 2.05) is 0 Å². The molecule has 0 aliphatic carbocycles. The van der Waals surface area contributed by atoms with Crippen LogP contribution in [0.5, 0.6) is 0 Å². The van der Waals surface area contributed by atoms with Gasteiger partial charge >= 0.3 is 0 Å². The summed E-state index contributed by atoms with van der Waals surface area (Å²) < 4.78 is 2.37. The number of hydrogen-bond donors (Lipinski definition) is 0. The third kappa shape index (κ3) is 5.21. The summed E-state index contributed by atoms with van der Waals surface area (Å²) in [5.74, 6) is 0. The van der Waals surface area contributed by atoms with E-state index < -0.39 is 0 Å². The van der Waals surface area contributed by atoms with Crippen LogP contribution in [0.1, 0.15) is 0 Å². The van der Waals surface area contributed by atoms with E-state index >= 15 is 0 Å². The van der Waals surface area contributed by atoms with Gasteiger partial charge in [-0.2, -0.15) is 0 Å². The van der Waals surface area contributed by atoms with E-state index in [0.29, 0.717) is 0 Å². The van der Waals surface area contributed by atoms with Crippen LogP contribution in [0, 0.1) is 0 Å². The lowest BCUT2D eigenvalue weighted by Gasteiger charge is -2.26. The molecule has 0 saturated carbocycles. The van der Waals surface area contributed by atoms with Crippen LogP contribution in [0.3, 0.4) is 0 Å². The Labute approximate surface area is 303 Å². The third-order valence-electron chi connectivity index (χ3n) is 10.3. The topological polar surface area (TPSA) is 8.17 Å². The van der Waals surface area contributed by atoms with Gasteiger partial charge in [-0.25, -0.2) is 0 Å². The number of para-hydroxylation sites is 3. The van der Waals surface area contributed by atoms with Crippen molar-refractivity contribution in [3.05, 3.63) is 206 Å². The molecular formula is C50H34N2. The first-order valence-corrected chi connectivity index (χ1v) is 17.8. The molecule has 0 aliphatic heterocycles. The highest BCUT2D eigenvalue weighted by Crippen LogP contribution is 2.41. The molecule has 9 aromatic carbocycles. The molecule has 2 nitrogen and oxygen atoms in total. The molecule has 0 amide bonds. The fourth-order valence-electron chi connectivity index (χ4n) is 7.77. The molecular weight excluding hydrogens is 629 g/mol. The van der Waals surface area contributed by atoms with Gasteiger partial charge in [-0.3, -0.25) is 0 Å². The zero-order valence-electron chi connectivity index (χ0n) is 28.5. The Morgan fingerprint density at radius 1 is 0.288 bits per heavy atom. The van der Waals surface area contributed by atoms with Crippen molar-refractivity contribution in [1.82, 2.24) is 4.57 Å². The van der Waals surface area contributed by atoms with Gasteiger partial charge < -0.3 is 9.47 Å². The highest BCUT2D eigenvalue weighted by atomic mass is 15.1. The van der Waals surface area contributed by atoms with Crippen molar-refractivity contribution in [3.8, 4) is 27.9 Å². The summed E-state index contributed by atoms with van der Waals surface area (Å²) in [4.78, 5) is 2.37. The van der Waals surface area contributed by atoms with Gasteiger partial charge in [-0.15, -0.1) is 0 Å². The maximum absolute atomic E-state index is 2.37. The Morgan fingerprint density at radius 2 is 0.808 bits per heavy atom. The normalized spacial score (nSPS) is 11.5. The Balaban J connectivity index is 1.06. The highest BCUT2D eigenvalue weighted by Gasteiger charge is 2.17. The average Bonchev–Trinajstić information content (AvgIpc) is 3.55. The number of anilines is 3. The second-order valence-corrected chi connectivity index (χ2v) is 13.4. The van der Waals surface area contributed by atoms with Crippen LogP contribution in [0.25, 0.3) is 71.3 Å². The molecule has 244 valence electrons. The van der Waals surface area contributed by atoms with E-state index in [4.69, 9.17) is 0 Å². The fraction of sp³-hybridized carbons (Fsp3) is 0. The summed E-state index contributed by atoms with van der Waals surface area (Å²) in [6.45, 7) is 0. The quantitative estimate of drug-likeness (QED) is 0.172. The van der Waals surface area contributed by atoms with E-state index in [2.05, 4.69) is 216 Å². The van der Waals surface area contributed by atoms with Gasteiger partial charge in [-0.05, 0) is 123 Å². The van der Waals surface area contributed by atoms with Crippen molar-refractivity contribution in [2.24, 2.45) is 0 Å². The van der Waals surface area contributed by atoms with Gasteiger partial charge in [0.15, 0.2) is 0 Å². The summed E-state index contributed by atoms with van der Waals surface area (Å²) in [6.07, 6.45) is 0. The van der Waals surface area contributed by atoms with Gasteiger partial charge in [0.25, 0.3) is 0 Å². The lowest BCUT2D eigenvalue weighted by atomic mass is 9.96. The molecule has 0 N–H and O–H groups in total. The van der Waals surface area contributed by atoms with E-state index in [-0.39, 0.29) is 0 Å². The van der Waals surface area contributed by atoms with Crippen LogP contribution >= 0.6 is 0 Å². The maximum atomic E-state index is 2.37. The molecule has 0 unspecified atom stereocenters. The number of benzene rings is 9. The molecule has 0 aliphatic rings. The summed E-state index contributed by atoms with van der Waals surface area (Å²) >= 11 is 0. The monoisotopic (exact) mass is 662 g/mol. The molecule has 52 heavy (non-hydrogen) atoms. The molecule has 0 atom stereocenters. The minimum atomic E-state index is 1.12. The molecule has 1 aromatic heterocycles. The van der Waals surface area contributed by atoms with Gasteiger partial charge in [0.05, 0.1) is 11.0 Å². The minimum absolute atomic E-state index is 1.12. The lowest BCUT2D eigenvalue weighted by Crippen LogP contribution is -2.09. The van der Waals surface area contributed by atoms with Crippen LogP contribution < -0.4 is 4.90 Å². The number of hydrogen-bond acceptors (Lipinski definition) is 1. The van der Waals surface area contributed by atoms with Crippen molar-refractivity contribution in [3.63, 3.8) is 0 Å².